The fourth-order valence-electron chi connectivity index (χ4n) is 1.97. The maximum Gasteiger partial charge on any atom is 0.149 e. The maximum absolute atomic E-state index is 11.2. The van der Waals surface area contributed by atoms with Crippen LogP contribution in [0.4, 0.5) is 5.69 Å². The van der Waals surface area contributed by atoms with Crippen molar-refractivity contribution in [3.8, 4) is 5.75 Å². The zero-order valence-electron chi connectivity index (χ0n) is 15.0. The molecule has 5 nitrogen and oxygen atoms in total. The second kappa shape index (κ2) is 11.7. The number of nitrogens with zero attached hydrogens (tertiary/aromatic N) is 1. The SMILES string of the molecule is CC.CC(=O)CN.CCc1ccc2c(c1)N(CC(C)=O)CCO2. The van der Waals surface area contributed by atoms with E-state index in [-0.39, 0.29) is 18.1 Å². The molecule has 1 aliphatic heterocycles. The van der Waals surface area contributed by atoms with Crippen LogP contribution in [-0.2, 0) is 16.0 Å². The minimum absolute atomic E-state index is 0.0324. The number of hydrogen-bond donors (Lipinski definition) is 1. The molecular formula is C18H30N2O3. The number of ketones is 2. The summed E-state index contributed by atoms with van der Waals surface area (Å²) >= 11 is 0. The van der Waals surface area contributed by atoms with Gasteiger partial charge in [0, 0.05) is 0 Å². The number of Topliss-reactive ketones (excluding diaryl/α,β-unsaturated/α-hetero) is 2. The van der Waals surface area contributed by atoms with E-state index in [0.717, 1.165) is 24.4 Å². The van der Waals surface area contributed by atoms with Crippen molar-refractivity contribution in [2.75, 3.05) is 31.1 Å². The largest absolute Gasteiger partial charge is 0.490 e. The summed E-state index contributed by atoms with van der Waals surface area (Å²) in [5, 5.41) is 0. The molecule has 0 saturated carbocycles. The van der Waals surface area contributed by atoms with Gasteiger partial charge in [-0.05, 0) is 38.0 Å². The van der Waals surface area contributed by atoms with Crippen LogP contribution >= 0.6 is 0 Å². The molecule has 1 heterocycles. The second-order valence-electron chi connectivity index (χ2n) is 5.03. The van der Waals surface area contributed by atoms with Crippen molar-refractivity contribution >= 4 is 17.3 Å². The molecule has 0 aliphatic carbocycles. The van der Waals surface area contributed by atoms with Crippen LogP contribution in [0.5, 0.6) is 5.75 Å². The van der Waals surface area contributed by atoms with Crippen molar-refractivity contribution in [1.82, 2.24) is 0 Å². The molecule has 1 aliphatic rings. The number of nitrogens with two attached hydrogens (primary N) is 1. The molecule has 5 heteroatoms. The molecule has 1 aromatic rings. The molecule has 1 aromatic carbocycles. The van der Waals surface area contributed by atoms with Gasteiger partial charge in [0.05, 0.1) is 25.3 Å². The zero-order chi connectivity index (χ0) is 17.8. The number of carbonyl (C=O) groups is 2. The molecule has 0 amide bonds. The first-order valence-electron chi connectivity index (χ1n) is 8.17. The predicted octanol–water partition coefficient (Wildman–Crippen LogP) is 2.60. The van der Waals surface area contributed by atoms with E-state index in [1.807, 2.05) is 19.9 Å². The summed E-state index contributed by atoms with van der Waals surface area (Å²) in [7, 11) is 0. The Bertz CT molecular complexity index is 501. The summed E-state index contributed by atoms with van der Waals surface area (Å²) in [6, 6.07) is 6.20. The minimum atomic E-state index is 0.0324. The van der Waals surface area contributed by atoms with Crippen LogP contribution in [0.3, 0.4) is 0 Å². The van der Waals surface area contributed by atoms with Crippen LogP contribution in [-0.4, -0.2) is 37.8 Å². The lowest BCUT2D eigenvalue weighted by Gasteiger charge is -2.30. The third-order valence-corrected chi connectivity index (χ3v) is 3.09. The highest BCUT2D eigenvalue weighted by molar-refractivity contribution is 5.82. The van der Waals surface area contributed by atoms with E-state index in [0.29, 0.717) is 13.2 Å². The summed E-state index contributed by atoms with van der Waals surface area (Å²) in [6.45, 7) is 11.3. The Hall–Kier alpha value is -1.88. The lowest BCUT2D eigenvalue weighted by molar-refractivity contribution is -0.116. The van der Waals surface area contributed by atoms with E-state index >= 15 is 0 Å². The molecule has 130 valence electrons. The van der Waals surface area contributed by atoms with Crippen LogP contribution in [0.1, 0.15) is 40.2 Å². The molecule has 0 unspecified atom stereocenters. The normalized spacial score (nSPS) is 11.8. The van der Waals surface area contributed by atoms with Crippen molar-refractivity contribution in [2.45, 2.75) is 41.0 Å². The number of ether oxygens (including phenoxy) is 1. The number of hydrogen-bond acceptors (Lipinski definition) is 5. The number of rotatable bonds is 4. The van der Waals surface area contributed by atoms with Gasteiger partial charge in [-0.15, -0.1) is 0 Å². The van der Waals surface area contributed by atoms with Crippen LogP contribution in [0.15, 0.2) is 18.2 Å². The standard InChI is InChI=1S/C13H17NO2.C3H7NO.C2H6/c1-3-11-4-5-13-12(8-11)14(6-7-16-13)9-10(2)15;1-3(5)2-4;1-2/h4-5,8H,3,6-7,9H2,1-2H3;2,4H2,1H3;1-2H3. The molecule has 2 rings (SSSR count). The van der Waals surface area contributed by atoms with Crippen molar-refractivity contribution in [1.29, 1.82) is 0 Å². The lowest BCUT2D eigenvalue weighted by atomic mass is 10.1. The third-order valence-electron chi connectivity index (χ3n) is 3.09. The lowest BCUT2D eigenvalue weighted by Crippen LogP contribution is -2.36. The average molecular weight is 322 g/mol. The molecule has 0 spiro atoms. The topological polar surface area (TPSA) is 72.6 Å². The van der Waals surface area contributed by atoms with Gasteiger partial charge < -0.3 is 15.4 Å². The number of aryl methyl sites for hydroxylation is 1. The first-order valence-corrected chi connectivity index (χ1v) is 8.17. The van der Waals surface area contributed by atoms with Crippen LogP contribution < -0.4 is 15.4 Å². The van der Waals surface area contributed by atoms with Crippen molar-refractivity contribution < 1.29 is 14.3 Å². The molecule has 0 aromatic heterocycles. The summed E-state index contributed by atoms with van der Waals surface area (Å²) in [5.74, 6) is 1.12. The minimum Gasteiger partial charge on any atom is -0.490 e. The van der Waals surface area contributed by atoms with Gasteiger partial charge in [0.25, 0.3) is 0 Å². The van der Waals surface area contributed by atoms with E-state index < -0.39 is 0 Å². The summed E-state index contributed by atoms with van der Waals surface area (Å²) in [5.41, 5.74) is 7.15. The Morgan fingerprint density at radius 3 is 2.30 bits per heavy atom. The molecule has 23 heavy (non-hydrogen) atoms. The van der Waals surface area contributed by atoms with E-state index in [1.54, 1.807) is 6.92 Å². The number of benzene rings is 1. The summed E-state index contributed by atoms with van der Waals surface area (Å²) < 4.78 is 5.58. The van der Waals surface area contributed by atoms with Gasteiger partial charge in [0.1, 0.15) is 23.9 Å². The number of carbonyl (C=O) groups excluding carboxylic acids is 2. The average Bonchev–Trinajstić information content (AvgIpc) is 2.56. The fraction of sp³-hybridized carbons (Fsp3) is 0.556. The van der Waals surface area contributed by atoms with Crippen LogP contribution in [0, 0.1) is 0 Å². The molecule has 0 saturated heterocycles. The van der Waals surface area contributed by atoms with Crippen molar-refractivity contribution in [3.63, 3.8) is 0 Å². The van der Waals surface area contributed by atoms with Crippen LogP contribution in [0.25, 0.3) is 0 Å². The first-order chi connectivity index (χ1) is 11.0. The summed E-state index contributed by atoms with van der Waals surface area (Å²) in [6.07, 6.45) is 1.00. The Kier molecular flexibility index (Phi) is 10.7. The van der Waals surface area contributed by atoms with Gasteiger partial charge in [-0.3, -0.25) is 9.59 Å². The van der Waals surface area contributed by atoms with E-state index in [4.69, 9.17) is 10.5 Å². The molecule has 0 bridgehead atoms. The van der Waals surface area contributed by atoms with Crippen LogP contribution in [0.2, 0.25) is 0 Å². The van der Waals surface area contributed by atoms with Gasteiger partial charge in [-0.25, -0.2) is 0 Å². The third kappa shape index (κ3) is 7.79. The van der Waals surface area contributed by atoms with Gasteiger partial charge in [0.15, 0.2) is 0 Å². The Labute approximate surface area is 139 Å². The quantitative estimate of drug-likeness (QED) is 0.922. The molecule has 0 atom stereocenters. The Morgan fingerprint density at radius 1 is 1.22 bits per heavy atom. The highest BCUT2D eigenvalue weighted by Crippen LogP contribution is 2.32. The van der Waals surface area contributed by atoms with E-state index in [1.165, 1.54) is 12.5 Å². The molecule has 0 radical (unpaired) electrons. The predicted molar refractivity (Wildman–Crippen MR) is 95.3 cm³/mol. The smallest absolute Gasteiger partial charge is 0.149 e. The highest BCUT2D eigenvalue weighted by atomic mass is 16.5. The monoisotopic (exact) mass is 322 g/mol. The second-order valence-corrected chi connectivity index (χ2v) is 5.03. The van der Waals surface area contributed by atoms with Gasteiger partial charge >= 0.3 is 0 Å². The Morgan fingerprint density at radius 2 is 1.83 bits per heavy atom. The van der Waals surface area contributed by atoms with Gasteiger partial charge in [0.2, 0.25) is 0 Å². The number of anilines is 1. The zero-order valence-corrected chi connectivity index (χ0v) is 15.0. The maximum atomic E-state index is 11.2. The highest BCUT2D eigenvalue weighted by Gasteiger charge is 2.18. The summed E-state index contributed by atoms with van der Waals surface area (Å²) in [4.78, 5) is 23.0. The van der Waals surface area contributed by atoms with E-state index in [2.05, 4.69) is 24.0 Å². The van der Waals surface area contributed by atoms with Crippen molar-refractivity contribution in [2.24, 2.45) is 5.73 Å². The van der Waals surface area contributed by atoms with Gasteiger partial charge in [-0.2, -0.15) is 0 Å². The molecule has 0 fully saturated rings. The van der Waals surface area contributed by atoms with E-state index in [9.17, 15) is 9.59 Å². The Balaban J connectivity index is 0.000000594. The fourth-order valence-corrected chi connectivity index (χ4v) is 1.97. The molecule has 2 N–H and O–H groups in total. The van der Waals surface area contributed by atoms with Gasteiger partial charge in [-0.1, -0.05) is 26.8 Å². The first kappa shape index (κ1) is 21.1. The number of fused-ring (bicyclic) bond motifs is 1. The van der Waals surface area contributed by atoms with Crippen molar-refractivity contribution in [3.05, 3.63) is 23.8 Å². The molecular weight excluding hydrogens is 292 g/mol.